The van der Waals surface area contributed by atoms with Gasteiger partial charge in [-0.1, -0.05) is 28.1 Å². The smallest absolute Gasteiger partial charge is 0.0992 e. The van der Waals surface area contributed by atoms with Crippen molar-refractivity contribution in [3.8, 4) is 6.07 Å². The number of rotatable bonds is 2. The lowest BCUT2D eigenvalue weighted by Gasteiger charge is -2.27. The van der Waals surface area contributed by atoms with Crippen molar-refractivity contribution in [3.63, 3.8) is 0 Å². The number of hydrogen-bond acceptors (Lipinski definition) is 2. The minimum Gasteiger partial charge on any atom is -0.382 e. The summed E-state index contributed by atoms with van der Waals surface area (Å²) in [4.78, 5) is 0. The molecule has 2 aromatic rings. The summed E-state index contributed by atoms with van der Waals surface area (Å²) in [7, 11) is 0. The van der Waals surface area contributed by atoms with Crippen molar-refractivity contribution in [1.82, 2.24) is 0 Å². The third-order valence-electron chi connectivity index (χ3n) is 4.12. The molecular weight excluding hydrogens is 324 g/mol. The third kappa shape index (κ3) is 3.11. The Morgan fingerprint density at radius 3 is 2.86 bits per heavy atom. The maximum Gasteiger partial charge on any atom is 0.0992 e. The first-order chi connectivity index (χ1) is 10.2. The number of halogens is 1. The molecule has 0 aromatic heterocycles. The fourth-order valence-corrected chi connectivity index (χ4v) is 3.32. The van der Waals surface area contributed by atoms with Crippen LogP contribution in [0.15, 0.2) is 40.9 Å². The van der Waals surface area contributed by atoms with E-state index in [0.29, 0.717) is 11.6 Å². The standard InChI is InChI=1S/C18H17BrN2/c1-12-2-3-13(11-20)8-18(12)21-17-7-5-14-9-16(19)6-4-15(14)10-17/h2-4,6,8-9,17,21H,5,7,10H2,1H3. The first-order valence-electron chi connectivity index (χ1n) is 7.20. The zero-order chi connectivity index (χ0) is 14.8. The largest absolute Gasteiger partial charge is 0.382 e. The van der Waals surface area contributed by atoms with Gasteiger partial charge in [0.1, 0.15) is 0 Å². The van der Waals surface area contributed by atoms with Crippen LogP contribution in [-0.4, -0.2) is 6.04 Å². The number of nitrogens with one attached hydrogen (secondary N) is 1. The molecule has 21 heavy (non-hydrogen) atoms. The molecule has 0 fully saturated rings. The summed E-state index contributed by atoms with van der Waals surface area (Å²) in [5, 5.41) is 12.6. The lowest BCUT2D eigenvalue weighted by molar-refractivity contribution is 0.610. The topological polar surface area (TPSA) is 35.8 Å². The summed E-state index contributed by atoms with van der Waals surface area (Å²) in [6.45, 7) is 2.08. The predicted molar refractivity (Wildman–Crippen MR) is 89.5 cm³/mol. The van der Waals surface area contributed by atoms with E-state index in [-0.39, 0.29) is 0 Å². The molecule has 0 bridgehead atoms. The summed E-state index contributed by atoms with van der Waals surface area (Å²) in [5.41, 5.74) is 5.86. The van der Waals surface area contributed by atoms with E-state index in [1.165, 1.54) is 16.7 Å². The third-order valence-corrected chi connectivity index (χ3v) is 4.62. The van der Waals surface area contributed by atoms with E-state index < -0.39 is 0 Å². The lowest BCUT2D eigenvalue weighted by atomic mass is 9.88. The number of nitrogens with zero attached hydrogens (tertiary/aromatic N) is 1. The maximum atomic E-state index is 9.03. The van der Waals surface area contributed by atoms with E-state index in [4.69, 9.17) is 5.26 Å². The predicted octanol–water partition coefficient (Wildman–Crippen LogP) is 4.60. The first kappa shape index (κ1) is 14.2. The quantitative estimate of drug-likeness (QED) is 0.867. The molecule has 3 heteroatoms. The van der Waals surface area contributed by atoms with E-state index in [0.717, 1.165) is 29.4 Å². The van der Waals surface area contributed by atoms with Crippen molar-refractivity contribution in [2.24, 2.45) is 0 Å². The molecule has 0 radical (unpaired) electrons. The molecule has 3 rings (SSSR count). The summed E-state index contributed by atoms with van der Waals surface area (Å²) >= 11 is 3.54. The Labute approximate surface area is 133 Å². The summed E-state index contributed by atoms with van der Waals surface area (Å²) in [6, 6.07) is 15.0. The molecule has 0 amide bonds. The van der Waals surface area contributed by atoms with E-state index in [2.05, 4.69) is 52.4 Å². The van der Waals surface area contributed by atoms with Crippen LogP contribution < -0.4 is 5.32 Å². The molecule has 1 aliphatic carbocycles. The highest BCUT2D eigenvalue weighted by Crippen LogP contribution is 2.27. The van der Waals surface area contributed by atoms with Crippen LogP contribution in [-0.2, 0) is 12.8 Å². The van der Waals surface area contributed by atoms with Crippen LogP contribution >= 0.6 is 15.9 Å². The molecule has 106 valence electrons. The van der Waals surface area contributed by atoms with Crippen LogP contribution in [0.4, 0.5) is 5.69 Å². The zero-order valence-corrected chi connectivity index (χ0v) is 13.6. The van der Waals surface area contributed by atoms with Crippen LogP contribution in [0.25, 0.3) is 0 Å². The van der Waals surface area contributed by atoms with Crippen LogP contribution in [0.1, 0.15) is 28.7 Å². The van der Waals surface area contributed by atoms with Gasteiger partial charge in [0.05, 0.1) is 11.6 Å². The highest BCUT2D eigenvalue weighted by molar-refractivity contribution is 9.10. The van der Waals surface area contributed by atoms with E-state index in [1.807, 2.05) is 18.2 Å². The Morgan fingerprint density at radius 2 is 2.05 bits per heavy atom. The van der Waals surface area contributed by atoms with Gasteiger partial charge in [0.25, 0.3) is 0 Å². The SMILES string of the molecule is Cc1ccc(C#N)cc1NC1CCc2cc(Br)ccc2C1. The highest BCUT2D eigenvalue weighted by atomic mass is 79.9. The number of aryl methyl sites for hydroxylation is 2. The normalized spacial score (nSPS) is 16.9. The van der Waals surface area contributed by atoms with Crippen molar-refractivity contribution < 1.29 is 0 Å². The van der Waals surface area contributed by atoms with Crippen LogP contribution in [0.3, 0.4) is 0 Å². The second kappa shape index (κ2) is 5.91. The lowest BCUT2D eigenvalue weighted by Crippen LogP contribution is -2.27. The number of nitriles is 1. The maximum absolute atomic E-state index is 9.03. The molecule has 0 spiro atoms. The van der Waals surface area contributed by atoms with Gasteiger partial charge in [-0.25, -0.2) is 0 Å². The van der Waals surface area contributed by atoms with Gasteiger partial charge in [0.2, 0.25) is 0 Å². The number of hydrogen-bond donors (Lipinski definition) is 1. The van der Waals surface area contributed by atoms with E-state index >= 15 is 0 Å². The van der Waals surface area contributed by atoms with Gasteiger partial charge < -0.3 is 5.32 Å². The number of anilines is 1. The van der Waals surface area contributed by atoms with Gasteiger partial charge in [-0.15, -0.1) is 0 Å². The Kier molecular flexibility index (Phi) is 3.98. The van der Waals surface area contributed by atoms with Crippen molar-refractivity contribution in [3.05, 3.63) is 63.1 Å². The Hall–Kier alpha value is -1.79. The highest BCUT2D eigenvalue weighted by Gasteiger charge is 2.19. The second-order valence-electron chi connectivity index (χ2n) is 5.64. The van der Waals surface area contributed by atoms with Gasteiger partial charge >= 0.3 is 0 Å². The number of fused-ring (bicyclic) bond motifs is 1. The average molecular weight is 341 g/mol. The molecule has 1 unspecified atom stereocenters. The van der Waals surface area contributed by atoms with Gasteiger partial charge in [-0.2, -0.15) is 5.26 Å². The van der Waals surface area contributed by atoms with Gasteiger partial charge in [0, 0.05) is 16.2 Å². The number of benzene rings is 2. The van der Waals surface area contributed by atoms with Gasteiger partial charge in [-0.05, 0) is 67.1 Å². The minimum atomic E-state index is 0.436. The van der Waals surface area contributed by atoms with Crippen molar-refractivity contribution in [2.45, 2.75) is 32.2 Å². The van der Waals surface area contributed by atoms with Crippen LogP contribution in [0.5, 0.6) is 0 Å². The van der Waals surface area contributed by atoms with E-state index in [1.54, 1.807) is 0 Å². The molecule has 1 N–H and O–H groups in total. The molecular formula is C18H17BrN2. The van der Waals surface area contributed by atoms with Crippen molar-refractivity contribution >= 4 is 21.6 Å². The minimum absolute atomic E-state index is 0.436. The van der Waals surface area contributed by atoms with E-state index in [9.17, 15) is 0 Å². The fraction of sp³-hybridized carbons (Fsp3) is 0.278. The Balaban J connectivity index is 1.78. The molecule has 0 saturated heterocycles. The van der Waals surface area contributed by atoms with Crippen molar-refractivity contribution in [1.29, 1.82) is 5.26 Å². The molecule has 2 aromatic carbocycles. The van der Waals surface area contributed by atoms with Crippen LogP contribution in [0.2, 0.25) is 0 Å². The molecule has 2 nitrogen and oxygen atoms in total. The molecule has 0 saturated carbocycles. The summed E-state index contributed by atoms with van der Waals surface area (Å²) in [5.74, 6) is 0. The summed E-state index contributed by atoms with van der Waals surface area (Å²) < 4.78 is 1.16. The Bertz CT molecular complexity index is 716. The molecule has 1 aliphatic rings. The second-order valence-corrected chi connectivity index (χ2v) is 6.55. The monoisotopic (exact) mass is 340 g/mol. The Morgan fingerprint density at radius 1 is 1.19 bits per heavy atom. The average Bonchev–Trinajstić information content (AvgIpc) is 2.49. The molecule has 1 atom stereocenters. The van der Waals surface area contributed by atoms with Gasteiger partial charge in [-0.3, -0.25) is 0 Å². The molecule has 0 aliphatic heterocycles. The van der Waals surface area contributed by atoms with Crippen molar-refractivity contribution in [2.75, 3.05) is 5.32 Å². The molecule has 0 heterocycles. The zero-order valence-electron chi connectivity index (χ0n) is 12.0. The fourth-order valence-electron chi connectivity index (χ4n) is 2.91. The van der Waals surface area contributed by atoms with Gasteiger partial charge in [0.15, 0.2) is 0 Å². The van der Waals surface area contributed by atoms with Crippen LogP contribution in [0, 0.1) is 18.3 Å². The first-order valence-corrected chi connectivity index (χ1v) is 7.99. The summed E-state index contributed by atoms with van der Waals surface area (Å²) in [6.07, 6.45) is 3.27.